The van der Waals surface area contributed by atoms with Crippen LogP contribution in [0.25, 0.3) is 0 Å². The first-order chi connectivity index (χ1) is 15.3. The molecule has 3 amide bonds. The fourth-order valence-corrected chi connectivity index (χ4v) is 6.63. The Morgan fingerprint density at radius 2 is 1.70 bits per heavy atom. The van der Waals surface area contributed by atoms with Gasteiger partial charge in [-0.2, -0.15) is 0 Å². The Bertz CT molecular complexity index is 923. The van der Waals surface area contributed by atoms with Crippen molar-refractivity contribution in [3.63, 3.8) is 0 Å². The summed E-state index contributed by atoms with van der Waals surface area (Å²) in [5.74, 6) is 1.94. The molecule has 0 aliphatic heterocycles. The summed E-state index contributed by atoms with van der Waals surface area (Å²) in [5, 5.41) is 10.4. The van der Waals surface area contributed by atoms with Gasteiger partial charge in [0.1, 0.15) is 5.75 Å². The standard InChI is InChI=1S/C26H38ClN3O3/c1-15-9-19(27)7-8-20(15)33-25(5,6)22(31)28-21-17-10-16-11-18(21)14-26(12-16,13-17)30-23(32)29-24(2,3)4/h7-9,16-18,21H,10-14H2,1-6H3,(H,28,31)(H2,29,30,32)/t16?,17-,18+,21?,26?. The molecular formula is C26H38ClN3O3. The maximum absolute atomic E-state index is 13.3. The van der Waals surface area contributed by atoms with E-state index >= 15 is 0 Å². The van der Waals surface area contributed by atoms with Crippen LogP contribution in [0.5, 0.6) is 5.75 Å². The van der Waals surface area contributed by atoms with Crippen LogP contribution >= 0.6 is 11.6 Å². The molecule has 0 heterocycles. The highest BCUT2D eigenvalue weighted by atomic mass is 35.5. The maximum Gasteiger partial charge on any atom is 0.315 e. The monoisotopic (exact) mass is 475 g/mol. The van der Waals surface area contributed by atoms with Crippen molar-refractivity contribution >= 4 is 23.5 Å². The third kappa shape index (κ3) is 5.26. The van der Waals surface area contributed by atoms with Crippen molar-refractivity contribution in [3.05, 3.63) is 28.8 Å². The zero-order valence-electron chi connectivity index (χ0n) is 20.7. The van der Waals surface area contributed by atoms with Gasteiger partial charge in [-0.3, -0.25) is 4.79 Å². The molecule has 4 bridgehead atoms. The van der Waals surface area contributed by atoms with Gasteiger partial charge in [0.2, 0.25) is 0 Å². The molecule has 0 aromatic heterocycles. The van der Waals surface area contributed by atoms with Gasteiger partial charge < -0.3 is 20.7 Å². The summed E-state index contributed by atoms with van der Waals surface area (Å²) in [6.07, 6.45) is 5.11. The fourth-order valence-electron chi connectivity index (χ4n) is 6.40. The van der Waals surface area contributed by atoms with E-state index in [1.54, 1.807) is 6.07 Å². The number of carbonyl (C=O) groups excluding carboxylic acids is 2. The van der Waals surface area contributed by atoms with E-state index in [0.29, 0.717) is 28.5 Å². The average Bonchev–Trinajstić information content (AvgIpc) is 2.64. The number of urea groups is 1. The Hall–Kier alpha value is -1.95. The molecular weight excluding hydrogens is 438 g/mol. The minimum absolute atomic E-state index is 0.0853. The molecule has 5 atom stereocenters. The summed E-state index contributed by atoms with van der Waals surface area (Å²) in [6, 6.07) is 5.47. The van der Waals surface area contributed by atoms with Gasteiger partial charge in [-0.1, -0.05) is 11.6 Å². The van der Waals surface area contributed by atoms with Crippen molar-refractivity contribution in [2.45, 2.75) is 96.4 Å². The van der Waals surface area contributed by atoms with Gasteiger partial charge in [0.05, 0.1) is 0 Å². The number of nitrogens with one attached hydrogen (secondary N) is 3. The van der Waals surface area contributed by atoms with E-state index in [2.05, 4.69) is 16.0 Å². The Balaban J connectivity index is 1.42. The zero-order valence-corrected chi connectivity index (χ0v) is 21.4. The molecule has 33 heavy (non-hydrogen) atoms. The molecule has 7 heteroatoms. The van der Waals surface area contributed by atoms with Crippen molar-refractivity contribution in [2.75, 3.05) is 0 Å². The SMILES string of the molecule is Cc1cc(Cl)ccc1OC(C)(C)C(=O)NC1[C@@H]2CC3C[C@H]1CC(NC(=O)NC(C)(C)C)(C3)C2. The van der Waals surface area contributed by atoms with Crippen LogP contribution in [0.3, 0.4) is 0 Å². The van der Waals surface area contributed by atoms with E-state index in [-0.39, 0.29) is 29.1 Å². The molecule has 5 rings (SSSR count). The van der Waals surface area contributed by atoms with Gasteiger partial charge in [-0.25, -0.2) is 4.79 Å². The molecule has 0 spiro atoms. The predicted molar refractivity (Wildman–Crippen MR) is 131 cm³/mol. The Morgan fingerprint density at radius 3 is 2.27 bits per heavy atom. The Kier molecular flexibility index (Phi) is 6.13. The lowest BCUT2D eigenvalue weighted by atomic mass is 9.51. The second-order valence-electron chi connectivity index (χ2n) is 12.1. The lowest BCUT2D eigenvalue weighted by molar-refractivity contribution is -0.138. The number of hydrogen-bond acceptors (Lipinski definition) is 3. The van der Waals surface area contributed by atoms with Crippen molar-refractivity contribution in [1.29, 1.82) is 0 Å². The normalized spacial score (nSPS) is 30.6. The highest BCUT2D eigenvalue weighted by molar-refractivity contribution is 6.30. The highest BCUT2D eigenvalue weighted by Gasteiger charge is 2.56. The number of hydrogen-bond donors (Lipinski definition) is 3. The summed E-state index contributed by atoms with van der Waals surface area (Å²) < 4.78 is 6.13. The van der Waals surface area contributed by atoms with Gasteiger partial charge in [-0.05, 0) is 115 Å². The molecule has 4 fully saturated rings. The van der Waals surface area contributed by atoms with Crippen molar-refractivity contribution in [1.82, 2.24) is 16.0 Å². The summed E-state index contributed by atoms with van der Waals surface area (Å²) in [4.78, 5) is 26.0. The lowest BCUT2D eigenvalue weighted by Gasteiger charge is -2.60. The van der Waals surface area contributed by atoms with Crippen LogP contribution < -0.4 is 20.7 Å². The van der Waals surface area contributed by atoms with Crippen LogP contribution in [0.1, 0.15) is 72.3 Å². The molecule has 182 valence electrons. The van der Waals surface area contributed by atoms with Crippen molar-refractivity contribution in [3.8, 4) is 5.75 Å². The van der Waals surface area contributed by atoms with E-state index in [1.807, 2.05) is 53.7 Å². The van der Waals surface area contributed by atoms with Gasteiger partial charge in [0.15, 0.2) is 5.60 Å². The van der Waals surface area contributed by atoms with Gasteiger partial charge in [0, 0.05) is 22.1 Å². The van der Waals surface area contributed by atoms with Crippen LogP contribution in [0, 0.1) is 24.7 Å². The number of benzene rings is 1. The molecule has 4 aliphatic carbocycles. The molecule has 3 N–H and O–H groups in total. The number of halogens is 1. The fraction of sp³-hybridized carbons (Fsp3) is 0.692. The van der Waals surface area contributed by atoms with Crippen LogP contribution in [0.4, 0.5) is 4.79 Å². The smallest absolute Gasteiger partial charge is 0.315 e. The molecule has 1 aromatic rings. The number of aryl methyl sites for hydroxylation is 1. The summed E-state index contributed by atoms with van der Waals surface area (Å²) >= 11 is 6.06. The van der Waals surface area contributed by atoms with E-state index < -0.39 is 5.60 Å². The number of ether oxygens (including phenoxy) is 1. The first-order valence-electron chi connectivity index (χ1n) is 12.1. The largest absolute Gasteiger partial charge is 0.478 e. The average molecular weight is 476 g/mol. The third-order valence-corrected chi connectivity index (χ3v) is 7.72. The molecule has 0 radical (unpaired) electrons. The summed E-state index contributed by atoms with van der Waals surface area (Å²) in [5.41, 5.74) is -0.522. The molecule has 4 aliphatic rings. The van der Waals surface area contributed by atoms with Crippen LogP contribution in [0.15, 0.2) is 18.2 Å². The van der Waals surface area contributed by atoms with E-state index in [4.69, 9.17) is 16.3 Å². The van der Waals surface area contributed by atoms with Crippen LogP contribution in [0.2, 0.25) is 5.02 Å². The van der Waals surface area contributed by atoms with Crippen molar-refractivity contribution < 1.29 is 14.3 Å². The topological polar surface area (TPSA) is 79.5 Å². The molecule has 3 unspecified atom stereocenters. The second-order valence-corrected chi connectivity index (χ2v) is 12.5. The molecule has 0 saturated heterocycles. The first-order valence-corrected chi connectivity index (χ1v) is 12.5. The van der Waals surface area contributed by atoms with Crippen LogP contribution in [-0.2, 0) is 4.79 Å². The minimum atomic E-state index is -1.00. The number of carbonyl (C=O) groups is 2. The number of amides is 3. The number of rotatable bonds is 5. The van der Waals surface area contributed by atoms with E-state index in [9.17, 15) is 9.59 Å². The Morgan fingerprint density at radius 1 is 1.06 bits per heavy atom. The maximum atomic E-state index is 13.3. The highest BCUT2D eigenvalue weighted by Crippen LogP contribution is 2.55. The lowest BCUT2D eigenvalue weighted by Crippen LogP contribution is -2.69. The van der Waals surface area contributed by atoms with Crippen molar-refractivity contribution in [2.24, 2.45) is 17.8 Å². The van der Waals surface area contributed by atoms with Gasteiger partial charge >= 0.3 is 6.03 Å². The molecule has 6 nitrogen and oxygen atoms in total. The molecule has 1 aromatic carbocycles. The van der Waals surface area contributed by atoms with E-state index in [0.717, 1.165) is 37.7 Å². The Labute approximate surface area is 202 Å². The second kappa shape index (κ2) is 8.37. The zero-order chi connectivity index (χ0) is 24.2. The first kappa shape index (κ1) is 24.2. The van der Waals surface area contributed by atoms with Gasteiger partial charge in [0.25, 0.3) is 5.91 Å². The predicted octanol–water partition coefficient (Wildman–Crippen LogP) is 4.97. The summed E-state index contributed by atoms with van der Waals surface area (Å²) in [7, 11) is 0. The van der Waals surface area contributed by atoms with Gasteiger partial charge in [-0.15, -0.1) is 0 Å². The summed E-state index contributed by atoms with van der Waals surface area (Å²) in [6.45, 7) is 11.5. The molecule has 4 saturated carbocycles. The minimum Gasteiger partial charge on any atom is -0.478 e. The van der Waals surface area contributed by atoms with Crippen LogP contribution in [-0.4, -0.2) is 34.7 Å². The van der Waals surface area contributed by atoms with E-state index in [1.165, 1.54) is 0 Å². The third-order valence-electron chi connectivity index (χ3n) is 7.49. The quantitative estimate of drug-likeness (QED) is 0.562.